The number of halogens is 1. The van der Waals surface area contributed by atoms with Crippen molar-refractivity contribution in [2.75, 3.05) is 6.61 Å². The van der Waals surface area contributed by atoms with Gasteiger partial charge in [-0.25, -0.2) is 0 Å². The minimum absolute atomic E-state index is 0.00510. The van der Waals surface area contributed by atoms with Gasteiger partial charge >= 0.3 is 0 Å². The molecular formula is C24H31IO2. The standard InChI is InChI=1S/C24H31IO2/c1-7-24(8-2,18-9-12-20(25)13-10-18)19-11-14-21(17(3)15-19)27-16-22(26)23(4,5)6/h9-15H,7-8,16H2,1-6H3. The van der Waals surface area contributed by atoms with Crippen molar-refractivity contribution < 1.29 is 9.53 Å². The fourth-order valence-electron chi connectivity index (χ4n) is 3.47. The molecule has 0 atom stereocenters. The number of ether oxygens (including phenoxy) is 1. The largest absolute Gasteiger partial charge is 0.486 e. The molecule has 2 rings (SSSR count). The third kappa shape index (κ3) is 4.92. The first-order valence-corrected chi connectivity index (χ1v) is 10.7. The summed E-state index contributed by atoms with van der Waals surface area (Å²) < 4.78 is 7.08. The van der Waals surface area contributed by atoms with E-state index < -0.39 is 0 Å². The zero-order valence-corrected chi connectivity index (χ0v) is 19.5. The predicted octanol–water partition coefficient (Wildman–Crippen LogP) is 6.70. The molecule has 0 saturated carbocycles. The van der Waals surface area contributed by atoms with E-state index in [9.17, 15) is 4.79 Å². The van der Waals surface area contributed by atoms with Crippen molar-refractivity contribution in [1.29, 1.82) is 0 Å². The Morgan fingerprint density at radius 3 is 2.00 bits per heavy atom. The highest BCUT2D eigenvalue weighted by Crippen LogP contribution is 2.40. The minimum Gasteiger partial charge on any atom is -0.486 e. The van der Waals surface area contributed by atoms with Crippen molar-refractivity contribution in [3.63, 3.8) is 0 Å². The van der Waals surface area contributed by atoms with E-state index in [1.54, 1.807) is 0 Å². The molecule has 0 fully saturated rings. The summed E-state index contributed by atoms with van der Waals surface area (Å²) in [6, 6.07) is 15.3. The average molecular weight is 478 g/mol. The Morgan fingerprint density at radius 2 is 1.52 bits per heavy atom. The van der Waals surface area contributed by atoms with Gasteiger partial charge in [0.15, 0.2) is 5.78 Å². The van der Waals surface area contributed by atoms with Crippen LogP contribution in [0.2, 0.25) is 0 Å². The monoisotopic (exact) mass is 478 g/mol. The van der Waals surface area contributed by atoms with Gasteiger partial charge in [-0.15, -0.1) is 0 Å². The van der Waals surface area contributed by atoms with Crippen LogP contribution in [0.25, 0.3) is 0 Å². The Morgan fingerprint density at radius 1 is 0.963 bits per heavy atom. The van der Waals surface area contributed by atoms with Gasteiger partial charge in [0.1, 0.15) is 12.4 Å². The van der Waals surface area contributed by atoms with Crippen molar-refractivity contribution in [3.8, 4) is 5.75 Å². The summed E-state index contributed by atoms with van der Waals surface area (Å²) in [6.07, 6.45) is 2.07. The summed E-state index contributed by atoms with van der Waals surface area (Å²) in [4.78, 5) is 12.2. The van der Waals surface area contributed by atoms with Crippen LogP contribution in [0.3, 0.4) is 0 Å². The Bertz CT molecular complexity index is 781. The Balaban J connectivity index is 2.33. The van der Waals surface area contributed by atoms with Gasteiger partial charge in [0.25, 0.3) is 0 Å². The third-order valence-electron chi connectivity index (χ3n) is 5.53. The first-order chi connectivity index (χ1) is 12.6. The molecule has 0 aliphatic carbocycles. The number of carbonyl (C=O) groups is 1. The normalized spacial score (nSPS) is 12.1. The molecule has 2 aromatic carbocycles. The van der Waals surface area contributed by atoms with Crippen molar-refractivity contribution in [3.05, 3.63) is 62.7 Å². The molecule has 2 aromatic rings. The van der Waals surface area contributed by atoms with Crippen LogP contribution in [0.4, 0.5) is 0 Å². The third-order valence-corrected chi connectivity index (χ3v) is 6.25. The molecule has 0 aliphatic heterocycles. The van der Waals surface area contributed by atoms with Crippen LogP contribution in [0.15, 0.2) is 42.5 Å². The van der Waals surface area contributed by atoms with Gasteiger partial charge in [0.2, 0.25) is 0 Å². The molecule has 0 bridgehead atoms. The topological polar surface area (TPSA) is 26.3 Å². The molecule has 0 spiro atoms. The molecule has 0 aromatic heterocycles. The van der Waals surface area contributed by atoms with Crippen LogP contribution in [-0.2, 0) is 10.2 Å². The second-order valence-corrected chi connectivity index (χ2v) is 9.48. The molecule has 0 saturated heterocycles. The molecule has 0 amide bonds. The van der Waals surface area contributed by atoms with Gasteiger partial charge < -0.3 is 4.74 Å². The summed E-state index contributed by atoms with van der Waals surface area (Å²) in [5, 5.41) is 0. The average Bonchev–Trinajstić information content (AvgIpc) is 2.62. The summed E-state index contributed by atoms with van der Waals surface area (Å²) in [5.41, 5.74) is 3.35. The van der Waals surface area contributed by atoms with Crippen LogP contribution in [0.5, 0.6) is 5.75 Å². The first kappa shape index (κ1) is 21.9. The van der Waals surface area contributed by atoms with Crippen LogP contribution in [0, 0.1) is 15.9 Å². The molecule has 27 heavy (non-hydrogen) atoms. The van der Waals surface area contributed by atoms with E-state index in [-0.39, 0.29) is 23.2 Å². The molecule has 2 nitrogen and oxygen atoms in total. The second-order valence-electron chi connectivity index (χ2n) is 8.24. The van der Waals surface area contributed by atoms with E-state index in [2.05, 4.69) is 79.8 Å². The van der Waals surface area contributed by atoms with E-state index in [1.807, 2.05) is 26.8 Å². The summed E-state index contributed by atoms with van der Waals surface area (Å²) in [5.74, 6) is 0.904. The van der Waals surface area contributed by atoms with Crippen LogP contribution < -0.4 is 4.74 Å². The molecule has 0 unspecified atom stereocenters. The van der Waals surface area contributed by atoms with E-state index in [0.717, 1.165) is 24.2 Å². The van der Waals surface area contributed by atoms with Gasteiger partial charge in [-0.2, -0.15) is 0 Å². The number of hydrogen-bond donors (Lipinski definition) is 0. The van der Waals surface area contributed by atoms with Gasteiger partial charge in [-0.1, -0.05) is 58.9 Å². The smallest absolute Gasteiger partial charge is 0.175 e. The highest BCUT2D eigenvalue weighted by Gasteiger charge is 2.31. The van der Waals surface area contributed by atoms with Crippen LogP contribution in [-0.4, -0.2) is 12.4 Å². The van der Waals surface area contributed by atoms with Crippen LogP contribution >= 0.6 is 22.6 Å². The van der Waals surface area contributed by atoms with Crippen molar-refractivity contribution in [2.45, 2.75) is 59.8 Å². The highest BCUT2D eigenvalue weighted by atomic mass is 127. The number of Topliss-reactive ketones (excluding diaryl/α,β-unsaturated/α-hetero) is 1. The SMILES string of the molecule is CCC(CC)(c1ccc(I)cc1)c1ccc(OCC(=O)C(C)(C)C)c(C)c1. The molecule has 0 radical (unpaired) electrons. The zero-order chi connectivity index (χ0) is 20.2. The van der Waals surface area contributed by atoms with Gasteiger partial charge in [0.05, 0.1) is 0 Å². The zero-order valence-electron chi connectivity index (χ0n) is 17.4. The van der Waals surface area contributed by atoms with E-state index in [1.165, 1.54) is 14.7 Å². The lowest BCUT2D eigenvalue weighted by molar-refractivity contribution is -0.128. The van der Waals surface area contributed by atoms with Gasteiger partial charge in [-0.05, 0) is 77.2 Å². The van der Waals surface area contributed by atoms with Crippen molar-refractivity contribution in [1.82, 2.24) is 0 Å². The van der Waals surface area contributed by atoms with E-state index >= 15 is 0 Å². The number of ketones is 1. The van der Waals surface area contributed by atoms with Crippen molar-refractivity contribution >= 4 is 28.4 Å². The maximum atomic E-state index is 12.2. The quantitative estimate of drug-likeness (QED) is 0.414. The number of rotatable bonds is 7. The first-order valence-electron chi connectivity index (χ1n) is 9.67. The molecule has 0 aliphatic rings. The number of aryl methyl sites for hydroxylation is 1. The molecular weight excluding hydrogens is 447 g/mol. The Labute approximate surface area is 177 Å². The predicted molar refractivity (Wildman–Crippen MR) is 122 cm³/mol. The fourth-order valence-corrected chi connectivity index (χ4v) is 3.83. The maximum absolute atomic E-state index is 12.2. The summed E-state index contributed by atoms with van der Waals surface area (Å²) in [7, 11) is 0. The number of benzene rings is 2. The van der Waals surface area contributed by atoms with Gasteiger partial charge in [-0.3, -0.25) is 4.79 Å². The minimum atomic E-state index is -0.377. The molecule has 3 heteroatoms. The second kappa shape index (κ2) is 8.76. The lowest BCUT2D eigenvalue weighted by Gasteiger charge is -2.34. The number of hydrogen-bond acceptors (Lipinski definition) is 2. The maximum Gasteiger partial charge on any atom is 0.175 e. The lowest BCUT2D eigenvalue weighted by atomic mass is 9.70. The number of carbonyl (C=O) groups excluding carboxylic acids is 1. The Hall–Kier alpha value is -1.36. The highest BCUT2D eigenvalue weighted by molar-refractivity contribution is 14.1. The lowest BCUT2D eigenvalue weighted by Crippen LogP contribution is -2.27. The van der Waals surface area contributed by atoms with Crippen LogP contribution in [0.1, 0.15) is 64.2 Å². The molecule has 0 N–H and O–H groups in total. The fraction of sp³-hybridized carbons (Fsp3) is 0.458. The summed E-state index contributed by atoms with van der Waals surface area (Å²) in [6.45, 7) is 12.5. The van der Waals surface area contributed by atoms with E-state index in [4.69, 9.17) is 4.74 Å². The summed E-state index contributed by atoms with van der Waals surface area (Å²) >= 11 is 2.35. The molecule has 0 heterocycles. The van der Waals surface area contributed by atoms with Gasteiger partial charge in [0, 0.05) is 14.4 Å². The Kier molecular flexibility index (Phi) is 7.12. The van der Waals surface area contributed by atoms with Crippen molar-refractivity contribution in [2.24, 2.45) is 5.41 Å². The molecule has 146 valence electrons. The van der Waals surface area contributed by atoms with E-state index in [0.29, 0.717) is 0 Å².